The summed E-state index contributed by atoms with van der Waals surface area (Å²) in [6.07, 6.45) is 4.49. The van der Waals surface area contributed by atoms with Gasteiger partial charge in [0, 0.05) is 24.7 Å². The molecule has 0 heterocycles. The van der Waals surface area contributed by atoms with Gasteiger partial charge in [0.1, 0.15) is 5.69 Å². The van der Waals surface area contributed by atoms with E-state index in [0.29, 0.717) is 11.3 Å². The van der Waals surface area contributed by atoms with Crippen molar-refractivity contribution in [1.29, 1.82) is 0 Å². The predicted octanol–water partition coefficient (Wildman–Crippen LogP) is 2.95. The summed E-state index contributed by atoms with van der Waals surface area (Å²) in [4.78, 5) is 22.4. The number of carbonyl (C=O) groups excluding carboxylic acids is 1. The van der Waals surface area contributed by atoms with Gasteiger partial charge in [-0.25, -0.2) is 0 Å². The van der Waals surface area contributed by atoms with Crippen molar-refractivity contribution in [2.75, 3.05) is 12.4 Å². The lowest BCUT2D eigenvalue weighted by atomic mass is 10.1. The Morgan fingerprint density at radius 1 is 1.48 bits per heavy atom. The van der Waals surface area contributed by atoms with Crippen molar-refractivity contribution in [2.45, 2.75) is 38.6 Å². The first-order valence-electron chi connectivity index (χ1n) is 7.32. The van der Waals surface area contributed by atoms with Gasteiger partial charge in [-0.05, 0) is 30.9 Å². The molecule has 1 saturated carbocycles. The first-order chi connectivity index (χ1) is 10.0. The highest BCUT2D eigenvalue weighted by Gasteiger charge is 2.26. The molecule has 2 N–H and O–H groups in total. The molecule has 0 aromatic heterocycles. The molecule has 0 radical (unpaired) electrons. The average molecular weight is 291 g/mol. The number of benzene rings is 1. The maximum Gasteiger partial charge on any atom is 0.293 e. The van der Waals surface area contributed by atoms with Gasteiger partial charge in [0.25, 0.3) is 11.6 Å². The van der Waals surface area contributed by atoms with Crippen LogP contribution in [0.3, 0.4) is 0 Å². The summed E-state index contributed by atoms with van der Waals surface area (Å²) in [5.74, 6) is 0.432. The summed E-state index contributed by atoms with van der Waals surface area (Å²) in [5, 5.41) is 17.0. The van der Waals surface area contributed by atoms with Crippen LogP contribution in [0.4, 0.5) is 11.4 Å². The van der Waals surface area contributed by atoms with Gasteiger partial charge in [-0.1, -0.05) is 19.8 Å². The van der Waals surface area contributed by atoms with Crippen LogP contribution in [-0.4, -0.2) is 23.9 Å². The zero-order chi connectivity index (χ0) is 15.4. The fraction of sp³-hybridized carbons (Fsp3) is 0.533. The lowest BCUT2D eigenvalue weighted by Gasteiger charge is -2.18. The van der Waals surface area contributed by atoms with Crippen LogP contribution >= 0.6 is 0 Å². The Kier molecular flexibility index (Phi) is 4.77. The first kappa shape index (κ1) is 15.3. The summed E-state index contributed by atoms with van der Waals surface area (Å²) in [6.45, 7) is 2.07. The number of nitro benzene ring substituents is 1. The lowest BCUT2D eigenvalue weighted by molar-refractivity contribution is -0.384. The van der Waals surface area contributed by atoms with Gasteiger partial charge >= 0.3 is 0 Å². The van der Waals surface area contributed by atoms with Crippen LogP contribution in [0.25, 0.3) is 0 Å². The maximum atomic E-state index is 11.6. The van der Waals surface area contributed by atoms with Gasteiger partial charge < -0.3 is 10.6 Å². The fourth-order valence-electron chi connectivity index (χ4n) is 2.39. The number of nitro groups is 1. The van der Waals surface area contributed by atoms with Crippen molar-refractivity contribution in [2.24, 2.45) is 5.92 Å². The zero-order valence-electron chi connectivity index (χ0n) is 12.4. The maximum absolute atomic E-state index is 11.6. The van der Waals surface area contributed by atoms with E-state index < -0.39 is 4.92 Å². The van der Waals surface area contributed by atoms with Crippen LogP contribution in [0.1, 0.15) is 43.0 Å². The highest BCUT2D eigenvalue weighted by molar-refractivity contribution is 5.95. The Balaban J connectivity index is 2.20. The molecule has 6 nitrogen and oxygen atoms in total. The van der Waals surface area contributed by atoms with Crippen molar-refractivity contribution in [3.8, 4) is 0 Å². The molecule has 1 aromatic carbocycles. The highest BCUT2D eigenvalue weighted by atomic mass is 16.6. The van der Waals surface area contributed by atoms with Gasteiger partial charge in [-0.3, -0.25) is 14.9 Å². The van der Waals surface area contributed by atoms with E-state index in [1.54, 1.807) is 12.1 Å². The third kappa shape index (κ3) is 3.93. The summed E-state index contributed by atoms with van der Waals surface area (Å²) in [7, 11) is 1.50. The molecule has 1 aliphatic rings. The molecule has 0 aliphatic heterocycles. The van der Waals surface area contributed by atoms with Gasteiger partial charge in [-0.2, -0.15) is 0 Å². The summed E-state index contributed by atoms with van der Waals surface area (Å²) >= 11 is 0. The Bertz CT molecular complexity index is 541. The van der Waals surface area contributed by atoms with E-state index in [4.69, 9.17) is 0 Å². The first-order valence-corrected chi connectivity index (χ1v) is 7.32. The van der Waals surface area contributed by atoms with E-state index in [1.165, 1.54) is 26.0 Å². The second-order valence-corrected chi connectivity index (χ2v) is 5.50. The molecule has 2 rings (SSSR count). The largest absolute Gasteiger partial charge is 0.377 e. The Hall–Kier alpha value is -2.11. The molecule has 1 fully saturated rings. The molecular formula is C15H21N3O3. The molecule has 1 aromatic rings. The topological polar surface area (TPSA) is 84.3 Å². The smallest absolute Gasteiger partial charge is 0.293 e. The number of carbonyl (C=O) groups is 1. The molecule has 1 aliphatic carbocycles. The van der Waals surface area contributed by atoms with E-state index >= 15 is 0 Å². The molecule has 114 valence electrons. The molecule has 1 atom stereocenters. The number of rotatable bonds is 7. The summed E-state index contributed by atoms with van der Waals surface area (Å²) in [5.41, 5.74) is 0.732. The van der Waals surface area contributed by atoms with Gasteiger partial charge in [0.05, 0.1) is 4.92 Å². The Morgan fingerprint density at radius 2 is 2.19 bits per heavy atom. The van der Waals surface area contributed by atoms with E-state index in [1.807, 2.05) is 0 Å². The highest BCUT2D eigenvalue weighted by Crippen LogP contribution is 2.35. The van der Waals surface area contributed by atoms with Crippen molar-refractivity contribution in [3.05, 3.63) is 33.9 Å². The number of hydrogen-bond donors (Lipinski definition) is 2. The Morgan fingerprint density at radius 3 is 2.71 bits per heavy atom. The third-order valence-corrected chi connectivity index (χ3v) is 3.85. The monoisotopic (exact) mass is 291 g/mol. The predicted molar refractivity (Wildman–Crippen MR) is 81.5 cm³/mol. The molecule has 6 heteroatoms. The summed E-state index contributed by atoms with van der Waals surface area (Å²) < 4.78 is 0. The molecular weight excluding hydrogens is 270 g/mol. The number of hydrogen-bond acceptors (Lipinski definition) is 4. The number of nitrogens with zero attached hydrogens (tertiary/aromatic N) is 1. The SMILES string of the molecule is CCC(CC1CC1)Nc1ccc(C(=O)NC)cc1[N+](=O)[O-]. The van der Waals surface area contributed by atoms with Crippen molar-refractivity contribution < 1.29 is 9.72 Å². The van der Waals surface area contributed by atoms with E-state index in [2.05, 4.69) is 17.6 Å². The average Bonchev–Trinajstić information content (AvgIpc) is 3.29. The normalized spacial score (nSPS) is 15.3. The van der Waals surface area contributed by atoms with Crippen LogP contribution < -0.4 is 10.6 Å². The van der Waals surface area contributed by atoms with Crippen molar-refractivity contribution in [3.63, 3.8) is 0 Å². The van der Waals surface area contributed by atoms with Crippen LogP contribution in [0.15, 0.2) is 18.2 Å². The second kappa shape index (κ2) is 6.56. The van der Waals surface area contributed by atoms with E-state index in [0.717, 1.165) is 18.8 Å². The quantitative estimate of drug-likeness (QED) is 0.597. The fourth-order valence-corrected chi connectivity index (χ4v) is 2.39. The van der Waals surface area contributed by atoms with Crippen LogP contribution in [0.5, 0.6) is 0 Å². The number of nitrogens with one attached hydrogen (secondary N) is 2. The number of anilines is 1. The second-order valence-electron chi connectivity index (χ2n) is 5.50. The zero-order valence-corrected chi connectivity index (χ0v) is 12.4. The molecule has 0 spiro atoms. The van der Waals surface area contributed by atoms with Gasteiger partial charge in [0.15, 0.2) is 0 Å². The molecule has 0 bridgehead atoms. The van der Waals surface area contributed by atoms with Crippen LogP contribution in [-0.2, 0) is 0 Å². The van der Waals surface area contributed by atoms with Crippen molar-refractivity contribution in [1.82, 2.24) is 5.32 Å². The van der Waals surface area contributed by atoms with Gasteiger partial charge in [0.2, 0.25) is 0 Å². The van der Waals surface area contributed by atoms with E-state index in [9.17, 15) is 14.9 Å². The summed E-state index contributed by atoms with van der Waals surface area (Å²) in [6, 6.07) is 4.79. The standard InChI is InChI=1S/C15H21N3O3/c1-3-12(8-10-4-5-10)17-13-7-6-11(15(19)16-2)9-14(13)18(20)21/h6-7,9-10,12,17H,3-5,8H2,1-2H3,(H,16,19). The van der Waals surface area contributed by atoms with Gasteiger partial charge in [-0.15, -0.1) is 0 Å². The minimum Gasteiger partial charge on any atom is -0.377 e. The lowest BCUT2D eigenvalue weighted by Crippen LogP contribution is -2.21. The van der Waals surface area contributed by atoms with Crippen LogP contribution in [0, 0.1) is 16.0 Å². The Labute approximate surface area is 124 Å². The minimum atomic E-state index is -0.446. The number of amides is 1. The third-order valence-electron chi connectivity index (χ3n) is 3.85. The molecule has 1 amide bonds. The van der Waals surface area contributed by atoms with E-state index in [-0.39, 0.29) is 17.6 Å². The molecule has 21 heavy (non-hydrogen) atoms. The molecule has 1 unspecified atom stereocenters. The molecule has 0 saturated heterocycles. The minimum absolute atomic E-state index is 0.0506. The van der Waals surface area contributed by atoms with Crippen molar-refractivity contribution >= 4 is 17.3 Å². The van der Waals surface area contributed by atoms with Crippen LogP contribution in [0.2, 0.25) is 0 Å².